The van der Waals surface area contributed by atoms with Crippen molar-refractivity contribution in [2.45, 2.75) is 37.3 Å². The minimum atomic E-state index is 0.932. The van der Waals surface area contributed by atoms with E-state index in [1.807, 2.05) is 26.0 Å². The summed E-state index contributed by atoms with van der Waals surface area (Å²) < 4.78 is 0. The van der Waals surface area contributed by atoms with Gasteiger partial charge >= 0.3 is 0 Å². The fourth-order valence-electron chi connectivity index (χ4n) is 1.88. The maximum Gasteiger partial charge on any atom is 0.0283 e. The van der Waals surface area contributed by atoms with Crippen LogP contribution in [-0.4, -0.2) is 0 Å². The van der Waals surface area contributed by atoms with Crippen molar-refractivity contribution in [1.82, 2.24) is 0 Å². The molecule has 0 saturated carbocycles. The van der Waals surface area contributed by atoms with Gasteiger partial charge in [0.2, 0.25) is 0 Å². The van der Waals surface area contributed by atoms with Crippen LogP contribution in [0.5, 0.6) is 0 Å². The molecule has 0 amide bonds. The van der Waals surface area contributed by atoms with Crippen LogP contribution in [0.3, 0.4) is 0 Å². The predicted octanol–water partition coefficient (Wildman–Crippen LogP) is 6.84. The van der Waals surface area contributed by atoms with Crippen LogP contribution >= 0.6 is 31.9 Å². The molecule has 2 heteroatoms. The smallest absolute Gasteiger partial charge is 0.0283 e. The van der Waals surface area contributed by atoms with Gasteiger partial charge in [0.05, 0.1) is 0 Å². The molecular formula is C20H24Br2. The van der Waals surface area contributed by atoms with E-state index in [0.29, 0.717) is 0 Å². The Morgan fingerprint density at radius 1 is 0.591 bits per heavy atom. The molecule has 0 bridgehead atoms. The predicted molar refractivity (Wildman–Crippen MR) is 106 cm³/mol. The first kappa shape index (κ1) is 19.2. The molecule has 0 aliphatic rings. The van der Waals surface area contributed by atoms with E-state index in [1.54, 1.807) is 0 Å². The van der Waals surface area contributed by atoms with Crippen LogP contribution in [-0.2, 0) is 23.5 Å². The zero-order valence-electron chi connectivity index (χ0n) is 13.4. The topological polar surface area (TPSA) is 0 Å². The standard InChI is InChI=1S/C16H16Br2.C4H8/c17-11-15-7-3-13(4-8-15)1-2-14-5-9-16(12-18)10-6-14;1-3-4-2/h3-10H,1-2,11-12H2;3-4H,1-2H3/b;4-3-. The Morgan fingerprint density at radius 3 is 1.09 bits per heavy atom. The fourth-order valence-corrected chi connectivity index (χ4v) is 2.63. The third-order valence-corrected chi connectivity index (χ3v) is 4.69. The summed E-state index contributed by atoms with van der Waals surface area (Å²) in [5.41, 5.74) is 5.48. The van der Waals surface area contributed by atoms with Gasteiger partial charge in [-0.3, -0.25) is 0 Å². The molecule has 118 valence electrons. The van der Waals surface area contributed by atoms with Crippen molar-refractivity contribution in [3.63, 3.8) is 0 Å². The summed E-state index contributed by atoms with van der Waals surface area (Å²) in [5.74, 6) is 0. The van der Waals surface area contributed by atoms with E-state index < -0.39 is 0 Å². The van der Waals surface area contributed by atoms with Gasteiger partial charge in [0.15, 0.2) is 0 Å². The molecule has 0 fully saturated rings. The molecule has 0 unspecified atom stereocenters. The van der Waals surface area contributed by atoms with Gasteiger partial charge in [0, 0.05) is 10.7 Å². The monoisotopic (exact) mass is 422 g/mol. The lowest BCUT2D eigenvalue weighted by molar-refractivity contribution is 0.958. The summed E-state index contributed by atoms with van der Waals surface area (Å²) in [5, 5.41) is 1.86. The van der Waals surface area contributed by atoms with Gasteiger partial charge in [0.1, 0.15) is 0 Å². The van der Waals surface area contributed by atoms with Crippen LogP contribution in [0.1, 0.15) is 36.1 Å². The fraction of sp³-hybridized carbons (Fsp3) is 0.300. The van der Waals surface area contributed by atoms with Crippen molar-refractivity contribution in [3.8, 4) is 0 Å². The second-order valence-corrected chi connectivity index (χ2v) is 6.19. The lowest BCUT2D eigenvalue weighted by Gasteiger charge is -2.04. The van der Waals surface area contributed by atoms with Crippen LogP contribution in [0.15, 0.2) is 60.7 Å². The van der Waals surface area contributed by atoms with Crippen molar-refractivity contribution < 1.29 is 0 Å². The van der Waals surface area contributed by atoms with Gasteiger partial charge in [-0.1, -0.05) is 92.5 Å². The molecule has 0 aromatic heterocycles. The highest BCUT2D eigenvalue weighted by atomic mass is 79.9. The Balaban J connectivity index is 0.000000541. The first-order valence-corrected chi connectivity index (χ1v) is 9.82. The lowest BCUT2D eigenvalue weighted by atomic mass is 10.0. The third kappa shape index (κ3) is 7.42. The van der Waals surface area contributed by atoms with E-state index in [9.17, 15) is 0 Å². The van der Waals surface area contributed by atoms with Crippen molar-refractivity contribution in [2.24, 2.45) is 0 Å². The minimum absolute atomic E-state index is 0.932. The van der Waals surface area contributed by atoms with E-state index in [2.05, 4.69) is 80.4 Å². The molecule has 2 aromatic carbocycles. The summed E-state index contributed by atoms with van der Waals surface area (Å²) in [6, 6.07) is 17.7. The molecule has 0 nitrogen and oxygen atoms in total. The second-order valence-electron chi connectivity index (χ2n) is 5.07. The van der Waals surface area contributed by atoms with Gasteiger partial charge in [-0.15, -0.1) is 0 Å². The SMILES string of the molecule is BrCc1ccc(CCc2ccc(CBr)cc2)cc1.C/C=C\C. The van der Waals surface area contributed by atoms with E-state index in [-0.39, 0.29) is 0 Å². The molecule has 0 spiro atoms. The molecule has 0 aliphatic carbocycles. The summed E-state index contributed by atoms with van der Waals surface area (Å²) in [4.78, 5) is 0. The average Bonchev–Trinajstić information content (AvgIpc) is 2.61. The molecular weight excluding hydrogens is 400 g/mol. The number of alkyl halides is 2. The molecule has 0 N–H and O–H groups in total. The Kier molecular flexibility index (Phi) is 10.2. The molecule has 0 saturated heterocycles. The zero-order valence-corrected chi connectivity index (χ0v) is 16.5. The number of hydrogen-bond acceptors (Lipinski definition) is 0. The first-order valence-electron chi connectivity index (χ1n) is 7.58. The van der Waals surface area contributed by atoms with Crippen LogP contribution < -0.4 is 0 Å². The number of rotatable bonds is 5. The largest absolute Gasteiger partial charge is 0.0919 e. The van der Waals surface area contributed by atoms with Gasteiger partial charge in [0.25, 0.3) is 0 Å². The molecule has 2 rings (SSSR count). The van der Waals surface area contributed by atoms with Gasteiger partial charge in [-0.2, -0.15) is 0 Å². The second kappa shape index (κ2) is 11.7. The first-order chi connectivity index (χ1) is 10.7. The van der Waals surface area contributed by atoms with Gasteiger partial charge in [-0.25, -0.2) is 0 Å². The van der Waals surface area contributed by atoms with E-state index in [1.165, 1.54) is 22.3 Å². The summed E-state index contributed by atoms with van der Waals surface area (Å²) in [7, 11) is 0. The Labute approximate surface area is 151 Å². The summed E-state index contributed by atoms with van der Waals surface area (Å²) in [6.07, 6.45) is 6.21. The number of aryl methyl sites for hydroxylation is 2. The third-order valence-electron chi connectivity index (χ3n) is 3.39. The number of halogens is 2. The van der Waals surface area contributed by atoms with E-state index in [4.69, 9.17) is 0 Å². The maximum absolute atomic E-state index is 3.47. The summed E-state index contributed by atoms with van der Waals surface area (Å²) in [6.45, 7) is 4.00. The van der Waals surface area contributed by atoms with Crippen LogP contribution in [0, 0.1) is 0 Å². The van der Waals surface area contributed by atoms with Crippen molar-refractivity contribution in [3.05, 3.63) is 82.9 Å². The van der Waals surface area contributed by atoms with Crippen LogP contribution in [0.25, 0.3) is 0 Å². The van der Waals surface area contributed by atoms with E-state index >= 15 is 0 Å². The molecule has 0 radical (unpaired) electrons. The van der Waals surface area contributed by atoms with Crippen LogP contribution in [0.4, 0.5) is 0 Å². The Morgan fingerprint density at radius 2 is 0.864 bits per heavy atom. The zero-order chi connectivity index (χ0) is 16.2. The Hall–Kier alpha value is -0.860. The molecule has 22 heavy (non-hydrogen) atoms. The average molecular weight is 424 g/mol. The molecule has 0 aliphatic heterocycles. The quantitative estimate of drug-likeness (QED) is 0.364. The normalized spacial score (nSPS) is 10.4. The van der Waals surface area contributed by atoms with E-state index in [0.717, 1.165) is 23.5 Å². The highest BCUT2D eigenvalue weighted by Gasteiger charge is 1.97. The number of allylic oxidation sites excluding steroid dienone is 2. The van der Waals surface area contributed by atoms with Crippen molar-refractivity contribution in [1.29, 1.82) is 0 Å². The lowest BCUT2D eigenvalue weighted by Crippen LogP contribution is -1.92. The highest BCUT2D eigenvalue weighted by Crippen LogP contribution is 2.12. The summed E-state index contributed by atoms with van der Waals surface area (Å²) >= 11 is 6.93. The van der Waals surface area contributed by atoms with Crippen molar-refractivity contribution >= 4 is 31.9 Å². The number of benzene rings is 2. The van der Waals surface area contributed by atoms with Crippen LogP contribution in [0.2, 0.25) is 0 Å². The van der Waals surface area contributed by atoms with Gasteiger partial charge in [-0.05, 0) is 48.9 Å². The Bertz CT molecular complexity index is 487. The minimum Gasteiger partial charge on any atom is -0.0919 e. The highest BCUT2D eigenvalue weighted by molar-refractivity contribution is 9.08. The van der Waals surface area contributed by atoms with Gasteiger partial charge < -0.3 is 0 Å². The number of hydrogen-bond donors (Lipinski definition) is 0. The molecule has 0 atom stereocenters. The molecule has 0 heterocycles. The van der Waals surface area contributed by atoms with Crippen molar-refractivity contribution in [2.75, 3.05) is 0 Å². The maximum atomic E-state index is 3.47. The molecule has 2 aromatic rings.